The molecule has 19 heavy (non-hydrogen) atoms. The Hall–Kier alpha value is -2.01. The molecule has 0 saturated heterocycles. The van der Waals surface area contributed by atoms with Gasteiger partial charge in [-0.2, -0.15) is 10.2 Å². The van der Waals surface area contributed by atoms with Gasteiger partial charge in [0.25, 0.3) is 0 Å². The standard InChI is InChI=1S/C13H9ClFN3O/c1-6-12-8(2-3-16-18-12)11-9(15)4-7(14)5-10(11)17-13(6)19/h2-6H,1H3,(H,17,19). The van der Waals surface area contributed by atoms with Gasteiger partial charge in [-0.3, -0.25) is 4.79 Å². The molecule has 0 spiro atoms. The van der Waals surface area contributed by atoms with Crippen molar-refractivity contribution in [3.05, 3.63) is 40.9 Å². The lowest BCUT2D eigenvalue weighted by molar-refractivity contribution is -0.117. The fourth-order valence-corrected chi connectivity index (χ4v) is 2.39. The molecular formula is C13H9ClFN3O. The van der Waals surface area contributed by atoms with Crippen LogP contribution in [-0.4, -0.2) is 16.1 Å². The minimum absolute atomic E-state index is 0.231. The number of nitrogens with zero attached hydrogens (tertiary/aromatic N) is 2. The number of benzene rings is 1. The van der Waals surface area contributed by atoms with Crippen molar-refractivity contribution in [2.45, 2.75) is 12.8 Å². The lowest BCUT2D eigenvalue weighted by atomic mass is 9.98. The van der Waals surface area contributed by atoms with E-state index in [4.69, 9.17) is 11.6 Å². The van der Waals surface area contributed by atoms with Crippen molar-refractivity contribution in [2.75, 3.05) is 5.32 Å². The minimum Gasteiger partial charge on any atom is -0.325 e. The average molecular weight is 278 g/mol. The summed E-state index contributed by atoms with van der Waals surface area (Å²) in [6.07, 6.45) is 1.47. The van der Waals surface area contributed by atoms with Gasteiger partial charge >= 0.3 is 0 Å². The fraction of sp³-hybridized carbons (Fsp3) is 0.154. The number of halogens is 2. The van der Waals surface area contributed by atoms with Crippen molar-refractivity contribution in [3.8, 4) is 11.1 Å². The van der Waals surface area contributed by atoms with Gasteiger partial charge in [0.05, 0.1) is 23.5 Å². The van der Waals surface area contributed by atoms with E-state index in [1.54, 1.807) is 13.0 Å². The second kappa shape index (κ2) is 4.28. The van der Waals surface area contributed by atoms with Crippen molar-refractivity contribution in [1.82, 2.24) is 10.2 Å². The van der Waals surface area contributed by atoms with Crippen LogP contribution in [0.5, 0.6) is 0 Å². The molecule has 96 valence electrons. The summed E-state index contributed by atoms with van der Waals surface area (Å²) in [5, 5.41) is 10.6. The van der Waals surface area contributed by atoms with Crippen molar-refractivity contribution in [2.24, 2.45) is 0 Å². The average Bonchev–Trinajstić information content (AvgIpc) is 2.46. The summed E-state index contributed by atoms with van der Waals surface area (Å²) in [4.78, 5) is 12.0. The Morgan fingerprint density at radius 3 is 3.00 bits per heavy atom. The third-order valence-corrected chi connectivity index (χ3v) is 3.35. The molecule has 0 aliphatic carbocycles. The van der Waals surface area contributed by atoms with Crippen molar-refractivity contribution in [3.63, 3.8) is 0 Å². The number of nitrogens with one attached hydrogen (secondary N) is 1. The lowest BCUT2D eigenvalue weighted by Crippen LogP contribution is -2.18. The number of carbonyl (C=O) groups is 1. The normalized spacial score (nSPS) is 17.2. The Bertz CT molecular complexity index is 690. The molecule has 0 saturated carbocycles. The van der Waals surface area contributed by atoms with Crippen molar-refractivity contribution in [1.29, 1.82) is 0 Å². The van der Waals surface area contributed by atoms with E-state index < -0.39 is 11.7 Å². The predicted octanol–water partition coefficient (Wildman–Crippen LogP) is 2.99. The molecule has 3 rings (SSSR count). The molecule has 1 aliphatic rings. The van der Waals surface area contributed by atoms with Gasteiger partial charge in [0, 0.05) is 16.1 Å². The van der Waals surface area contributed by atoms with Crippen LogP contribution in [0.15, 0.2) is 24.4 Å². The highest BCUT2D eigenvalue weighted by Gasteiger charge is 2.28. The third-order valence-electron chi connectivity index (χ3n) is 3.13. The van der Waals surface area contributed by atoms with Crippen LogP contribution in [0, 0.1) is 5.82 Å². The van der Waals surface area contributed by atoms with Crippen LogP contribution >= 0.6 is 11.6 Å². The van der Waals surface area contributed by atoms with Gasteiger partial charge in [0.2, 0.25) is 5.91 Å². The van der Waals surface area contributed by atoms with Crippen LogP contribution in [0.1, 0.15) is 18.5 Å². The largest absolute Gasteiger partial charge is 0.325 e. The van der Waals surface area contributed by atoms with Gasteiger partial charge in [-0.15, -0.1) is 0 Å². The van der Waals surface area contributed by atoms with Gasteiger partial charge in [-0.1, -0.05) is 11.6 Å². The topological polar surface area (TPSA) is 54.9 Å². The van der Waals surface area contributed by atoms with Crippen molar-refractivity contribution < 1.29 is 9.18 Å². The fourth-order valence-electron chi connectivity index (χ4n) is 2.18. The summed E-state index contributed by atoms with van der Waals surface area (Å²) in [6, 6.07) is 4.39. The number of carbonyl (C=O) groups excluding carboxylic acids is 1. The maximum Gasteiger partial charge on any atom is 0.233 e. The first-order valence-electron chi connectivity index (χ1n) is 5.70. The van der Waals surface area contributed by atoms with Crippen LogP contribution in [-0.2, 0) is 4.79 Å². The van der Waals surface area contributed by atoms with Gasteiger partial charge in [0.15, 0.2) is 0 Å². The SMILES string of the molecule is CC1C(=O)Nc2cc(Cl)cc(F)c2-c2ccnnc21. The lowest BCUT2D eigenvalue weighted by Gasteiger charge is -2.09. The second-order valence-corrected chi connectivity index (χ2v) is 4.79. The zero-order valence-electron chi connectivity index (χ0n) is 9.95. The molecular weight excluding hydrogens is 269 g/mol. The van der Waals surface area contributed by atoms with Crippen LogP contribution in [0.2, 0.25) is 5.02 Å². The van der Waals surface area contributed by atoms with Gasteiger partial charge in [0.1, 0.15) is 5.82 Å². The van der Waals surface area contributed by atoms with Crippen LogP contribution in [0.25, 0.3) is 11.1 Å². The summed E-state index contributed by atoms with van der Waals surface area (Å²) in [5.41, 5.74) is 1.67. The molecule has 1 aliphatic heterocycles. The maximum absolute atomic E-state index is 14.2. The summed E-state index contributed by atoms with van der Waals surface area (Å²) >= 11 is 5.83. The van der Waals surface area contributed by atoms with Gasteiger partial charge in [-0.25, -0.2) is 4.39 Å². The smallest absolute Gasteiger partial charge is 0.233 e. The molecule has 0 radical (unpaired) electrons. The number of hydrogen-bond donors (Lipinski definition) is 1. The Morgan fingerprint density at radius 1 is 1.42 bits per heavy atom. The number of amides is 1. The zero-order valence-corrected chi connectivity index (χ0v) is 10.7. The van der Waals surface area contributed by atoms with Crippen molar-refractivity contribution >= 4 is 23.2 Å². The Balaban J connectivity index is 2.38. The Labute approximate surface area is 113 Å². The molecule has 1 amide bonds. The summed E-state index contributed by atoms with van der Waals surface area (Å²) < 4.78 is 14.2. The van der Waals surface area contributed by atoms with Crippen LogP contribution < -0.4 is 5.32 Å². The molecule has 0 fully saturated rings. The van der Waals surface area contributed by atoms with E-state index in [0.717, 1.165) is 0 Å². The zero-order chi connectivity index (χ0) is 13.6. The first-order chi connectivity index (χ1) is 9.08. The van der Waals surface area contributed by atoms with E-state index in [0.29, 0.717) is 22.5 Å². The van der Waals surface area contributed by atoms with Crippen LogP contribution in [0.3, 0.4) is 0 Å². The summed E-state index contributed by atoms with van der Waals surface area (Å²) in [5.74, 6) is -1.26. The van der Waals surface area contributed by atoms with Gasteiger partial charge in [-0.05, 0) is 25.1 Å². The van der Waals surface area contributed by atoms with Gasteiger partial charge < -0.3 is 5.32 Å². The van der Waals surface area contributed by atoms with E-state index >= 15 is 0 Å². The Morgan fingerprint density at radius 2 is 2.21 bits per heavy atom. The number of aromatic nitrogens is 2. The highest BCUT2D eigenvalue weighted by Crippen LogP contribution is 2.39. The van der Waals surface area contributed by atoms with E-state index in [9.17, 15) is 9.18 Å². The first kappa shape index (κ1) is 12.0. The predicted molar refractivity (Wildman–Crippen MR) is 69.5 cm³/mol. The molecule has 6 heteroatoms. The summed E-state index contributed by atoms with van der Waals surface area (Å²) in [7, 11) is 0. The molecule has 1 atom stereocenters. The third kappa shape index (κ3) is 1.86. The van der Waals surface area contributed by atoms with E-state index in [2.05, 4.69) is 15.5 Å². The number of fused-ring (bicyclic) bond motifs is 3. The Kier molecular flexibility index (Phi) is 2.71. The van der Waals surface area contributed by atoms with E-state index in [-0.39, 0.29) is 10.9 Å². The molecule has 2 heterocycles. The molecule has 2 aromatic rings. The number of hydrogen-bond acceptors (Lipinski definition) is 3. The van der Waals surface area contributed by atoms with Crippen LogP contribution in [0.4, 0.5) is 10.1 Å². The maximum atomic E-state index is 14.2. The molecule has 4 nitrogen and oxygen atoms in total. The highest BCUT2D eigenvalue weighted by molar-refractivity contribution is 6.31. The molecule has 0 bridgehead atoms. The van der Waals surface area contributed by atoms with E-state index in [1.165, 1.54) is 18.3 Å². The highest BCUT2D eigenvalue weighted by atomic mass is 35.5. The molecule has 1 aromatic carbocycles. The second-order valence-electron chi connectivity index (χ2n) is 4.35. The molecule has 1 aromatic heterocycles. The summed E-state index contributed by atoms with van der Waals surface area (Å²) in [6.45, 7) is 1.70. The number of rotatable bonds is 0. The molecule has 1 unspecified atom stereocenters. The quantitative estimate of drug-likeness (QED) is 0.805. The number of anilines is 1. The minimum atomic E-state index is -0.505. The monoisotopic (exact) mass is 277 g/mol. The first-order valence-corrected chi connectivity index (χ1v) is 6.07. The van der Waals surface area contributed by atoms with E-state index in [1.807, 2.05) is 0 Å². The molecule has 1 N–H and O–H groups in total.